The number of fused-ring (bicyclic) bond motifs is 1. The minimum Gasteiger partial charge on any atom is -0.502 e. The third-order valence-electron chi connectivity index (χ3n) is 6.62. The molecule has 2 atom stereocenters. The van der Waals surface area contributed by atoms with E-state index in [2.05, 4.69) is 6.07 Å². The molecule has 1 aromatic heterocycles. The maximum Gasteiger partial charge on any atom is 0.238 e. The lowest BCUT2D eigenvalue weighted by Crippen LogP contribution is -2.32. The quantitative estimate of drug-likeness (QED) is 0.518. The summed E-state index contributed by atoms with van der Waals surface area (Å²) in [6, 6.07) is 6.56. The molecular weight excluding hydrogens is 440 g/mol. The number of hydrogen-bond acceptors (Lipinski definition) is 9. The standard InChI is InChI=1S/C25H26N2O7/c1-12-9-13(10-26)5-6-14(12)22-20(30)19(29)18-23(34-22)17(15-7-8-27(2)16(15)11-28)24(32-3)21(31)25(18)33-4/h5-6,9,15-16,28,30-31H,7-8,11H2,1-4H3. The zero-order valence-electron chi connectivity index (χ0n) is 19.4. The highest BCUT2D eigenvalue weighted by atomic mass is 16.5. The molecule has 1 saturated heterocycles. The number of likely N-dealkylation sites (tertiary alicyclic amines) is 1. The molecule has 2 heterocycles. The van der Waals surface area contributed by atoms with E-state index in [4.69, 9.17) is 13.9 Å². The molecule has 0 spiro atoms. The highest BCUT2D eigenvalue weighted by Gasteiger charge is 2.39. The minimum absolute atomic E-state index is 0.0672. The number of ether oxygens (including phenoxy) is 2. The van der Waals surface area contributed by atoms with Gasteiger partial charge in [-0.15, -0.1) is 0 Å². The molecule has 3 aromatic rings. The molecule has 9 nitrogen and oxygen atoms in total. The van der Waals surface area contributed by atoms with Crippen LogP contribution in [0.15, 0.2) is 27.4 Å². The monoisotopic (exact) mass is 466 g/mol. The molecular formula is C25H26N2O7. The van der Waals surface area contributed by atoms with Gasteiger partial charge in [0.1, 0.15) is 11.0 Å². The summed E-state index contributed by atoms with van der Waals surface area (Å²) in [5, 5.41) is 40.9. The molecule has 0 radical (unpaired) electrons. The second kappa shape index (κ2) is 8.89. The third kappa shape index (κ3) is 3.43. The SMILES string of the molecule is COc1c(O)c(OC)c2c(=O)c(O)c(-c3ccc(C#N)cc3C)oc2c1C1CCN(C)C1CO. The van der Waals surface area contributed by atoms with E-state index >= 15 is 0 Å². The molecule has 1 aliphatic heterocycles. The number of rotatable bonds is 5. The Kier molecular flexibility index (Phi) is 6.13. The molecule has 9 heteroatoms. The van der Waals surface area contributed by atoms with Crippen molar-refractivity contribution in [2.75, 3.05) is 34.4 Å². The molecule has 2 unspecified atom stereocenters. The molecule has 0 aliphatic carbocycles. The first-order valence-electron chi connectivity index (χ1n) is 10.8. The van der Waals surface area contributed by atoms with Crippen molar-refractivity contribution in [2.45, 2.75) is 25.3 Å². The second-order valence-corrected chi connectivity index (χ2v) is 8.41. The minimum atomic E-state index is -0.775. The fraction of sp³-hybridized carbons (Fsp3) is 0.360. The van der Waals surface area contributed by atoms with Gasteiger partial charge in [-0.3, -0.25) is 4.79 Å². The van der Waals surface area contributed by atoms with Crippen molar-refractivity contribution in [3.05, 3.63) is 45.1 Å². The van der Waals surface area contributed by atoms with Crippen molar-refractivity contribution < 1.29 is 29.2 Å². The van der Waals surface area contributed by atoms with Crippen molar-refractivity contribution in [1.29, 1.82) is 5.26 Å². The van der Waals surface area contributed by atoms with Crippen LogP contribution in [0.3, 0.4) is 0 Å². The first kappa shape index (κ1) is 23.4. The third-order valence-corrected chi connectivity index (χ3v) is 6.62. The van der Waals surface area contributed by atoms with Crippen LogP contribution in [0.1, 0.15) is 29.0 Å². The Hall–Kier alpha value is -3.74. The zero-order valence-corrected chi connectivity index (χ0v) is 19.4. The van der Waals surface area contributed by atoms with E-state index in [9.17, 15) is 25.4 Å². The van der Waals surface area contributed by atoms with Gasteiger partial charge >= 0.3 is 0 Å². The number of aryl methyl sites for hydroxylation is 1. The topological polar surface area (TPSA) is 136 Å². The summed E-state index contributed by atoms with van der Waals surface area (Å²) in [6.45, 7) is 2.27. The Labute approximate surface area is 196 Å². The molecule has 3 N–H and O–H groups in total. The molecule has 0 amide bonds. The number of hydrogen-bond donors (Lipinski definition) is 3. The Morgan fingerprint density at radius 1 is 1.21 bits per heavy atom. The Bertz CT molecular complexity index is 1370. The van der Waals surface area contributed by atoms with Gasteiger partial charge in [0, 0.05) is 23.1 Å². The number of methoxy groups -OCH3 is 2. The van der Waals surface area contributed by atoms with Crippen molar-refractivity contribution in [3.8, 4) is 40.4 Å². The lowest BCUT2D eigenvalue weighted by atomic mass is 9.88. The predicted octanol–water partition coefficient (Wildman–Crippen LogP) is 2.85. The van der Waals surface area contributed by atoms with Crippen LogP contribution in [0.25, 0.3) is 22.3 Å². The second-order valence-electron chi connectivity index (χ2n) is 8.41. The van der Waals surface area contributed by atoms with Gasteiger partial charge in [0.2, 0.25) is 16.9 Å². The summed E-state index contributed by atoms with van der Waals surface area (Å²) in [6.07, 6.45) is 0.620. The van der Waals surface area contributed by atoms with Crippen molar-refractivity contribution in [1.82, 2.24) is 4.90 Å². The number of nitrogens with zero attached hydrogens (tertiary/aromatic N) is 2. The van der Waals surface area contributed by atoms with Crippen LogP contribution < -0.4 is 14.9 Å². The highest BCUT2D eigenvalue weighted by molar-refractivity contribution is 5.95. The first-order chi connectivity index (χ1) is 16.3. The maximum atomic E-state index is 13.4. The summed E-state index contributed by atoms with van der Waals surface area (Å²) in [5.74, 6) is -1.51. The van der Waals surface area contributed by atoms with Gasteiger partial charge in [0.15, 0.2) is 17.3 Å². The van der Waals surface area contributed by atoms with E-state index in [-0.39, 0.29) is 52.5 Å². The number of benzene rings is 2. The van der Waals surface area contributed by atoms with Crippen LogP contribution in [0.2, 0.25) is 0 Å². The summed E-state index contributed by atoms with van der Waals surface area (Å²) < 4.78 is 17.1. The van der Waals surface area contributed by atoms with E-state index in [1.54, 1.807) is 25.1 Å². The fourth-order valence-electron chi connectivity index (χ4n) is 4.90. The van der Waals surface area contributed by atoms with Gasteiger partial charge in [0.25, 0.3) is 0 Å². The number of phenolic OH excluding ortho intramolecular Hbond substituents is 1. The number of phenols is 1. The molecule has 1 fully saturated rings. The number of aromatic hydroxyl groups is 2. The fourth-order valence-corrected chi connectivity index (χ4v) is 4.90. The average molecular weight is 466 g/mol. The Morgan fingerprint density at radius 3 is 2.50 bits per heavy atom. The molecule has 34 heavy (non-hydrogen) atoms. The lowest BCUT2D eigenvalue weighted by molar-refractivity contribution is 0.171. The van der Waals surface area contributed by atoms with Crippen LogP contribution in [-0.4, -0.2) is 60.7 Å². The average Bonchev–Trinajstić information content (AvgIpc) is 3.20. The molecule has 4 rings (SSSR count). The van der Waals surface area contributed by atoms with E-state index in [1.165, 1.54) is 14.2 Å². The van der Waals surface area contributed by atoms with E-state index < -0.39 is 11.2 Å². The van der Waals surface area contributed by atoms with Crippen molar-refractivity contribution in [2.24, 2.45) is 0 Å². The van der Waals surface area contributed by atoms with Gasteiger partial charge < -0.3 is 34.1 Å². The van der Waals surface area contributed by atoms with Crippen LogP contribution in [-0.2, 0) is 0 Å². The highest BCUT2D eigenvalue weighted by Crippen LogP contribution is 2.51. The summed E-state index contributed by atoms with van der Waals surface area (Å²) in [4.78, 5) is 15.4. The van der Waals surface area contributed by atoms with Gasteiger partial charge in [0.05, 0.1) is 32.5 Å². The van der Waals surface area contributed by atoms with Gasteiger partial charge in [-0.2, -0.15) is 5.26 Å². The Morgan fingerprint density at radius 2 is 1.91 bits per heavy atom. The predicted molar refractivity (Wildman–Crippen MR) is 125 cm³/mol. The lowest BCUT2D eigenvalue weighted by Gasteiger charge is -2.26. The van der Waals surface area contributed by atoms with E-state index in [0.717, 1.165) is 0 Å². The smallest absolute Gasteiger partial charge is 0.238 e. The molecule has 1 aliphatic rings. The maximum absolute atomic E-state index is 13.4. The van der Waals surface area contributed by atoms with Crippen LogP contribution >= 0.6 is 0 Å². The number of likely N-dealkylation sites (N-methyl/N-ethyl adjacent to an activating group) is 1. The summed E-state index contributed by atoms with van der Waals surface area (Å²) in [7, 11) is 4.57. The van der Waals surface area contributed by atoms with Crippen LogP contribution in [0, 0.1) is 18.3 Å². The number of aliphatic hydroxyl groups is 1. The zero-order chi connectivity index (χ0) is 24.7. The first-order valence-corrected chi connectivity index (χ1v) is 10.8. The van der Waals surface area contributed by atoms with Crippen molar-refractivity contribution in [3.63, 3.8) is 0 Å². The summed E-state index contributed by atoms with van der Waals surface area (Å²) in [5.41, 5.74) is 1.25. The van der Waals surface area contributed by atoms with Gasteiger partial charge in [-0.25, -0.2) is 0 Å². The number of aliphatic hydroxyl groups excluding tert-OH is 1. The molecule has 0 bridgehead atoms. The van der Waals surface area contributed by atoms with E-state index in [0.29, 0.717) is 35.2 Å². The normalized spacial score (nSPS) is 18.2. The molecule has 178 valence electrons. The van der Waals surface area contributed by atoms with Gasteiger partial charge in [-0.1, -0.05) is 0 Å². The largest absolute Gasteiger partial charge is 0.502 e. The number of nitriles is 1. The van der Waals surface area contributed by atoms with Crippen LogP contribution in [0.5, 0.6) is 23.0 Å². The molecule has 0 saturated carbocycles. The van der Waals surface area contributed by atoms with Crippen molar-refractivity contribution >= 4 is 11.0 Å². The van der Waals surface area contributed by atoms with Crippen LogP contribution in [0.4, 0.5) is 0 Å². The van der Waals surface area contributed by atoms with E-state index in [1.807, 2.05) is 11.9 Å². The van der Waals surface area contributed by atoms with Gasteiger partial charge in [-0.05, 0) is 50.7 Å². The Balaban J connectivity index is 2.15. The summed E-state index contributed by atoms with van der Waals surface area (Å²) >= 11 is 0. The molecule has 2 aromatic carbocycles.